The van der Waals surface area contributed by atoms with E-state index in [2.05, 4.69) is 4.98 Å². The third-order valence-corrected chi connectivity index (χ3v) is 1.98. The Balaban J connectivity index is 2.86. The molecule has 0 saturated heterocycles. The molecule has 1 heterocycles. The molecule has 0 aliphatic heterocycles. The molecule has 1 rings (SSSR count). The van der Waals surface area contributed by atoms with Crippen LogP contribution in [0.1, 0.15) is 23.8 Å². The first-order chi connectivity index (χ1) is 7.69. The molecule has 0 bridgehead atoms. The van der Waals surface area contributed by atoms with Crippen LogP contribution in [0.5, 0.6) is 0 Å². The molecule has 1 amide bonds. The average Bonchev–Trinajstić information content (AvgIpc) is 2.28. The minimum Gasteiger partial charge on any atom is -0.324 e. The molecular formula is C11H12FN3O. The van der Waals surface area contributed by atoms with Crippen molar-refractivity contribution in [2.45, 2.75) is 13.3 Å². The van der Waals surface area contributed by atoms with E-state index in [1.807, 2.05) is 13.0 Å². The standard InChI is InChI=1S/C11H12FN3O/c1-2-7-15(8-6-13)11(16)9-4-3-5-10(12)14-9/h3-5H,2,7-8H2,1H3. The SMILES string of the molecule is CCCN(CC#N)C(=O)c1cccc(F)n1. The average molecular weight is 221 g/mol. The van der Waals surface area contributed by atoms with E-state index in [4.69, 9.17) is 5.26 Å². The molecule has 0 aromatic carbocycles. The fourth-order valence-electron chi connectivity index (χ4n) is 1.30. The second kappa shape index (κ2) is 5.81. The van der Waals surface area contributed by atoms with Crippen LogP contribution in [-0.4, -0.2) is 28.9 Å². The lowest BCUT2D eigenvalue weighted by molar-refractivity contribution is 0.0769. The highest BCUT2D eigenvalue weighted by atomic mass is 19.1. The first kappa shape index (κ1) is 12.1. The first-order valence-electron chi connectivity index (χ1n) is 4.97. The van der Waals surface area contributed by atoms with Gasteiger partial charge in [-0.3, -0.25) is 4.79 Å². The van der Waals surface area contributed by atoms with Crippen molar-refractivity contribution in [3.05, 3.63) is 29.8 Å². The molecule has 1 aromatic rings. The number of nitriles is 1. The van der Waals surface area contributed by atoms with Gasteiger partial charge in [-0.25, -0.2) is 4.98 Å². The van der Waals surface area contributed by atoms with Crippen molar-refractivity contribution in [1.29, 1.82) is 5.26 Å². The zero-order valence-corrected chi connectivity index (χ0v) is 8.98. The van der Waals surface area contributed by atoms with Gasteiger partial charge >= 0.3 is 0 Å². The molecule has 0 fully saturated rings. The van der Waals surface area contributed by atoms with Gasteiger partial charge in [-0.1, -0.05) is 13.0 Å². The Bertz CT molecular complexity index is 414. The Hall–Kier alpha value is -1.96. The van der Waals surface area contributed by atoms with Crippen molar-refractivity contribution in [2.75, 3.05) is 13.1 Å². The number of rotatable bonds is 4. The molecule has 16 heavy (non-hydrogen) atoms. The van der Waals surface area contributed by atoms with Crippen molar-refractivity contribution in [3.63, 3.8) is 0 Å². The van der Waals surface area contributed by atoms with E-state index in [-0.39, 0.29) is 12.2 Å². The van der Waals surface area contributed by atoms with E-state index in [9.17, 15) is 9.18 Å². The van der Waals surface area contributed by atoms with Gasteiger partial charge < -0.3 is 4.90 Å². The molecule has 0 aliphatic rings. The van der Waals surface area contributed by atoms with Gasteiger partial charge in [-0.15, -0.1) is 0 Å². The predicted octanol–water partition coefficient (Wildman–Crippen LogP) is 1.60. The van der Waals surface area contributed by atoms with Gasteiger partial charge in [-0.2, -0.15) is 9.65 Å². The number of amides is 1. The van der Waals surface area contributed by atoms with Crippen LogP contribution in [0.2, 0.25) is 0 Å². The number of aromatic nitrogens is 1. The van der Waals surface area contributed by atoms with Gasteiger partial charge in [0.05, 0.1) is 6.07 Å². The van der Waals surface area contributed by atoms with Gasteiger partial charge in [0.15, 0.2) is 0 Å². The van der Waals surface area contributed by atoms with E-state index in [0.717, 1.165) is 6.42 Å². The summed E-state index contributed by atoms with van der Waals surface area (Å²) in [6.45, 7) is 2.35. The van der Waals surface area contributed by atoms with Crippen molar-refractivity contribution >= 4 is 5.91 Å². The van der Waals surface area contributed by atoms with E-state index < -0.39 is 11.9 Å². The zero-order chi connectivity index (χ0) is 12.0. The third-order valence-electron chi connectivity index (χ3n) is 1.98. The topological polar surface area (TPSA) is 57.0 Å². The molecule has 0 spiro atoms. The Kier molecular flexibility index (Phi) is 4.40. The molecule has 0 saturated carbocycles. The summed E-state index contributed by atoms with van der Waals surface area (Å²) < 4.78 is 12.8. The van der Waals surface area contributed by atoms with E-state index >= 15 is 0 Å². The van der Waals surface area contributed by atoms with Crippen LogP contribution < -0.4 is 0 Å². The molecule has 0 radical (unpaired) electrons. The summed E-state index contributed by atoms with van der Waals surface area (Å²) in [5.74, 6) is -1.11. The number of pyridine rings is 1. The van der Waals surface area contributed by atoms with Gasteiger partial charge in [-0.05, 0) is 18.6 Å². The first-order valence-corrected chi connectivity index (χ1v) is 4.97. The second-order valence-corrected chi connectivity index (χ2v) is 3.23. The van der Waals surface area contributed by atoms with Gasteiger partial charge in [0.2, 0.25) is 5.95 Å². The number of carbonyl (C=O) groups excluding carboxylic acids is 1. The molecule has 0 atom stereocenters. The summed E-state index contributed by atoms with van der Waals surface area (Å²) in [6, 6.07) is 5.93. The maximum atomic E-state index is 12.8. The van der Waals surface area contributed by atoms with Crippen LogP contribution in [0.3, 0.4) is 0 Å². The summed E-state index contributed by atoms with van der Waals surface area (Å²) in [6.07, 6.45) is 0.739. The Morgan fingerprint density at radius 1 is 1.62 bits per heavy atom. The quantitative estimate of drug-likeness (QED) is 0.573. The zero-order valence-electron chi connectivity index (χ0n) is 8.98. The molecule has 0 aliphatic carbocycles. The van der Waals surface area contributed by atoms with E-state index in [1.165, 1.54) is 23.1 Å². The van der Waals surface area contributed by atoms with Gasteiger partial charge in [0.25, 0.3) is 5.91 Å². The molecule has 0 N–H and O–H groups in total. The van der Waals surface area contributed by atoms with Crippen molar-refractivity contribution in [2.24, 2.45) is 0 Å². The van der Waals surface area contributed by atoms with Gasteiger partial charge in [0.1, 0.15) is 12.2 Å². The third kappa shape index (κ3) is 3.02. The number of hydrogen-bond donors (Lipinski definition) is 0. The Morgan fingerprint density at radius 3 is 2.94 bits per heavy atom. The second-order valence-electron chi connectivity index (χ2n) is 3.23. The lowest BCUT2D eigenvalue weighted by atomic mass is 10.3. The van der Waals surface area contributed by atoms with Crippen molar-refractivity contribution in [1.82, 2.24) is 9.88 Å². The molecule has 84 valence electrons. The minimum absolute atomic E-state index is 0.00906. The summed E-state index contributed by atoms with van der Waals surface area (Å²) in [5, 5.41) is 8.58. The predicted molar refractivity (Wildman–Crippen MR) is 56.0 cm³/mol. The Morgan fingerprint density at radius 2 is 2.38 bits per heavy atom. The molecule has 1 aromatic heterocycles. The van der Waals surface area contributed by atoms with Crippen LogP contribution in [0.4, 0.5) is 4.39 Å². The highest BCUT2D eigenvalue weighted by molar-refractivity contribution is 5.92. The van der Waals surface area contributed by atoms with Crippen molar-refractivity contribution < 1.29 is 9.18 Å². The largest absolute Gasteiger partial charge is 0.324 e. The summed E-state index contributed by atoms with van der Waals surface area (Å²) >= 11 is 0. The van der Waals surface area contributed by atoms with Crippen LogP contribution in [0.15, 0.2) is 18.2 Å². The fraction of sp³-hybridized carbons (Fsp3) is 0.364. The fourth-order valence-corrected chi connectivity index (χ4v) is 1.30. The lowest BCUT2D eigenvalue weighted by Crippen LogP contribution is -2.32. The maximum Gasteiger partial charge on any atom is 0.273 e. The number of nitrogens with zero attached hydrogens (tertiary/aromatic N) is 3. The minimum atomic E-state index is -0.695. The molecular weight excluding hydrogens is 209 g/mol. The highest BCUT2D eigenvalue weighted by Gasteiger charge is 2.16. The van der Waals surface area contributed by atoms with Crippen LogP contribution in [0, 0.1) is 17.3 Å². The highest BCUT2D eigenvalue weighted by Crippen LogP contribution is 2.03. The summed E-state index contributed by atoms with van der Waals surface area (Å²) in [5.41, 5.74) is 0.0312. The van der Waals surface area contributed by atoms with E-state index in [1.54, 1.807) is 0 Å². The summed E-state index contributed by atoms with van der Waals surface area (Å²) in [7, 11) is 0. The van der Waals surface area contributed by atoms with Crippen LogP contribution >= 0.6 is 0 Å². The lowest BCUT2D eigenvalue weighted by Gasteiger charge is -2.17. The van der Waals surface area contributed by atoms with Crippen molar-refractivity contribution in [3.8, 4) is 6.07 Å². The maximum absolute atomic E-state index is 12.8. The molecule has 4 nitrogen and oxygen atoms in total. The van der Waals surface area contributed by atoms with Gasteiger partial charge in [0, 0.05) is 6.54 Å². The number of halogens is 1. The molecule has 5 heteroatoms. The molecule has 0 unspecified atom stereocenters. The van der Waals surface area contributed by atoms with E-state index in [0.29, 0.717) is 6.54 Å². The normalized spacial score (nSPS) is 9.56. The van der Waals surface area contributed by atoms with Crippen LogP contribution in [0.25, 0.3) is 0 Å². The Labute approximate surface area is 93.3 Å². The number of carbonyl (C=O) groups is 1. The monoisotopic (exact) mass is 221 g/mol. The van der Waals surface area contributed by atoms with Crippen LogP contribution in [-0.2, 0) is 0 Å². The smallest absolute Gasteiger partial charge is 0.273 e. The number of hydrogen-bond acceptors (Lipinski definition) is 3. The summed E-state index contributed by atoms with van der Waals surface area (Å²) in [4.78, 5) is 16.7.